The number of carbonyl (C=O) groups is 2. The monoisotopic (exact) mass is 356 g/mol. The minimum absolute atomic E-state index is 0.0395. The van der Waals surface area contributed by atoms with Gasteiger partial charge in [-0.25, -0.2) is 0 Å². The lowest BCUT2D eigenvalue weighted by Crippen LogP contribution is -2.50. The minimum atomic E-state index is -0.0395. The number of piperazine rings is 1. The van der Waals surface area contributed by atoms with Gasteiger partial charge < -0.3 is 14.5 Å². The summed E-state index contributed by atoms with van der Waals surface area (Å²) in [6.45, 7) is 6.39. The van der Waals surface area contributed by atoms with Crippen LogP contribution in [0.15, 0.2) is 30.3 Å². The molecule has 1 aliphatic rings. The molecule has 0 bridgehead atoms. The van der Waals surface area contributed by atoms with E-state index in [-0.39, 0.29) is 11.8 Å². The van der Waals surface area contributed by atoms with Crippen LogP contribution in [0.5, 0.6) is 5.75 Å². The first kappa shape index (κ1) is 18.0. The van der Waals surface area contributed by atoms with E-state index in [9.17, 15) is 9.59 Å². The molecule has 0 unspecified atom stereocenters. The number of carbonyl (C=O) groups excluding carboxylic acids is 2. The second-order valence-electron chi connectivity index (χ2n) is 6.26. The lowest BCUT2D eigenvalue weighted by Gasteiger charge is -2.34. The average molecular weight is 356 g/mol. The van der Waals surface area contributed by atoms with Gasteiger partial charge in [-0.3, -0.25) is 14.3 Å². The number of hydrogen-bond acceptors (Lipinski definition) is 4. The van der Waals surface area contributed by atoms with Crippen molar-refractivity contribution in [2.45, 2.75) is 20.4 Å². The number of rotatable bonds is 4. The van der Waals surface area contributed by atoms with Crippen molar-refractivity contribution in [3.05, 3.63) is 36.0 Å². The summed E-state index contributed by atoms with van der Waals surface area (Å²) in [7, 11) is 1.63. The van der Waals surface area contributed by atoms with Crippen LogP contribution in [-0.2, 0) is 11.3 Å². The molecule has 0 atom stereocenters. The molecule has 1 aliphatic heterocycles. The van der Waals surface area contributed by atoms with Gasteiger partial charge in [-0.05, 0) is 37.3 Å². The third-order valence-electron chi connectivity index (χ3n) is 4.70. The molecule has 1 aromatic heterocycles. The van der Waals surface area contributed by atoms with Gasteiger partial charge in [-0.15, -0.1) is 0 Å². The van der Waals surface area contributed by atoms with Gasteiger partial charge >= 0.3 is 0 Å². The Labute approximate surface area is 153 Å². The van der Waals surface area contributed by atoms with Crippen LogP contribution in [0.3, 0.4) is 0 Å². The highest BCUT2D eigenvalue weighted by atomic mass is 16.5. The summed E-state index contributed by atoms with van der Waals surface area (Å²) in [4.78, 5) is 28.0. The minimum Gasteiger partial charge on any atom is -0.497 e. The molecule has 7 nitrogen and oxygen atoms in total. The largest absolute Gasteiger partial charge is 0.497 e. The number of nitrogens with zero attached hydrogens (tertiary/aromatic N) is 4. The Morgan fingerprint density at radius 3 is 2.23 bits per heavy atom. The molecule has 0 aliphatic carbocycles. The molecule has 1 fully saturated rings. The highest BCUT2D eigenvalue weighted by molar-refractivity contribution is 5.94. The molecule has 26 heavy (non-hydrogen) atoms. The zero-order chi connectivity index (χ0) is 18.7. The van der Waals surface area contributed by atoms with E-state index >= 15 is 0 Å². The van der Waals surface area contributed by atoms with E-state index in [4.69, 9.17) is 4.74 Å². The van der Waals surface area contributed by atoms with Crippen LogP contribution in [0.2, 0.25) is 0 Å². The Morgan fingerprint density at radius 1 is 1.08 bits per heavy atom. The van der Waals surface area contributed by atoms with E-state index in [1.54, 1.807) is 28.5 Å². The molecular formula is C19H24N4O3. The zero-order valence-electron chi connectivity index (χ0n) is 15.4. The molecule has 138 valence electrons. The Balaban J connectivity index is 1.80. The van der Waals surface area contributed by atoms with Crippen LogP contribution in [-0.4, -0.2) is 64.7 Å². The molecule has 2 amide bonds. The maximum Gasteiger partial charge on any atom is 0.272 e. The van der Waals surface area contributed by atoms with E-state index in [2.05, 4.69) is 5.10 Å². The maximum absolute atomic E-state index is 12.9. The number of methoxy groups -OCH3 is 1. The van der Waals surface area contributed by atoms with Crippen molar-refractivity contribution in [1.82, 2.24) is 19.6 Å². The fourth-order valence-corrected chi connectivity index (χ4v) is 3.12. The highest BCUT2D eigenvalue weighted by Gasteiger charge is 2.26. The predicted molar refractivity (Wildman–Crippen MR) is 98.0 cm³/mol. The van der Waals surface area contributed by atoms with E-state index in [0.717, 1.165) is 17.0 Å². The maximum atomic E-state index is 12.9. The summed E-state index contributed by atoms with van der Waals surface area (Å²) < 4.78 is 6.92. The second kappa shape index (κ2) is 7.59. The summed E-state index contributed by atoms with van der Waals surface area (Å²) in [6, 6.07) is 9.46. The van der Waals surface area contributed by atoms with Crippen molar-refractivity contribution < 1.29 is 14.3 Å². The van der Waals surface area contributed by atoms with Gasteiger partial charge in [0, 0.05) is 45.2 Å². The van der Waals surface area contributed by atoms with Gasteiger partial charge in [-0.1, -0.05) is 0 Å². The molecule has 2 heterocycles. The summed E-state index contributed by atoms with van der Waals surface area (Å²) in [5, 5.41) is 4.58. The van der Waals surface area contributed by atoms with E-state index in [1.165, 1.54) is 0 Å². The third-order valence-corrected chi connectivity index (χ3v) is 4.70. The SMILES string of the molecule is CCn1nc(-c2ccc(OC)cc2)cc1C(=O)N1CCN(C(C)=O)CC1. The summed E-state index contributed by atoms with van der Waals surface area (Å²) in [5.74, 6) is 0.795. The van der Waals surface area contributed by atoms with Gasteiger partial charge in [0.2, 0.25) is 5.91 Å². The first-order valence-electron chi connectivity index (χ1n) is 8.80. The van der Waals surface area contributed by atoms with Crippen molar-refractivity contribution in [3.8, 4) is 17.0 Å². The smallest absolute Gasteiger partial charge is 0.272 e. The Hall–Kier alpha value is -2.83. The predicted octanol–water partition coefficient (Wildman–Crippen LogP) is 1.88. The van der Waals surface area contributed by atoms with Crippen molar-refractivity contribution in [2.24, 2.45) is 0 Å². The lowest BCUT2D eigenvalue weighted by atomic mass is 10.1. The molecular weight excluding hydrogens is 332 g/mol. The van der Waals surface area contributed by atoms with Crippen LogP contribution in [0.25, 0.3) is 11.3 Å². The Bertz CT molecular complexity index is 790. The van der Waals surface area contributed by atoms with Gasteiger partial charge in [-0.2, -0.15) is 5.10 Å². The number of ether oxygens (including phenoxy) is 1. The van der Waals surface area contributed by atoms with Gasteiger partial charge in [0.15, 0.2) is 0 Å². The number of hydrogen-bond donors (Lipinski definition) is 0. The van der Waals surface area contributed by atoms with Gasteiger partial charge in [0.25, 0.3) is 5.91 Å². The Morgan fingerprint density at radius 2 is 1.69 bits per heavy atom. The molecule has 1 saturated heterocycles. The quantitative estimate of drug-likeness (QED) is 0.839. The molecule has 2 aromatic rings. The van der Waals surface area contributed by atoms with Crippen molar-refractivity contribution in [3.63, 3.8) is 0 Å². The number of benzene rings is 1. The highest BCUT2D eigenvalue weighted by Crippen LogP contribution is 2.23. The molecule has 0 radical (unpaired) electrons. The average Bonchev–Trinajstić information content (AvgIpc) is 3.12. The number of aromatic nitrogens is 2. The molecule has 0 saturated carbocycles. The summed E-state index contributed by atoms with van der Waals surface area (Å²) >= 11 is 0. The molecule has 0 spiro atoms. The van der Waals surface area contributed by atoms with E-state index < -0.39 is 0 Å². The molecule has 0 N–H and O–H groups in total. The standard InChI is InChI=1S/C19H24N4O3/c1-4-23-18(19(25)22-11-9-21(10-12-22)14(2)24)13-17(20-23)15-5-7-16(26-3)8-6-15/h5-8,13H,4,9-12H2,1-3H3. The molecule has 1 aromatic carbocycles. The topological polar surface area (TPSA) is 67.7 Å². The first-order chi connectivity index (χ1) is 12.5. The van der Waals surface area contributed by atoms with Crippen molar-refractivity contribution in [2.75, 3.05) is 33.3 Å². The van der Waals surface area contributed by atoms with Crippen LogP contribution in [0, 0.1) is 0 Å². The van der Waals surface area contributed by atoms with Crippen LogP contribution < -0.4 is 4.74 Å². The first-order valence-corrected chi connectivity index (χ1v) is 8.80. The number of amides is 2. The van der Waals surface area contributed by atoms with Crippen molar-refractivity contribution in [1.29, 1.82) is 0 Å². The second-order valence-corrected chi connectivity index (χ2v) is 6.26. The van der Waals surface area contributed by atoms with Crippen LogP contribution >= 0.6 is 0 Å². The third kappa shape index (κ3) is 3.56. The van der Waals surface area contributed by atoms with Crippen LogP contribution in [0.4, 0.5) is 0 Å². The molecule has 7 heteroatoms. The van der Waals surface area contributed by atoms with Crippen LogP contribution in [0.1, 0.15) is 24.3 Å². The summed E-state index contributed by atoms with van der Waals surface area (Å²) in [5.41, 5.74) is 2.28. The fraction of sp³-hybridized carbons (Fsp3) is 0.421. The van der Waals surface area contributed by atoms with E-state index in [0.29, 0.717) is 38.4 Å². The zero-order valence-corrected chi connectivity index (χ0v) is 15.4. The summed E-state index contributed by atoms with van der Waals surface area (Å²) in [6.07, 6.45) is 0. The van der Waals surface area contributed by atoms with E-state index in [1.807, 2.05) is 37.3 Å². The molecule has 3 rings (SSSR count). The van der Waals surface area contributed by atoms with Gasteiger partial charge in [0.1, 0.15) is 11.4 Å². The fourth-order valence-electron chi connectivity index (χ4n) is 3.12. The number of aryl methyl sites for hydroxylation is 1. The Kier molecular flexibility index (Phi) is 5.25. The van der Waals surface area contributed by atoms with Gasteiger partial charge in [0.05, 0.1) is 12.8 Å². The van der Waals surface area contributed by atoms with Crippen molar-refractivity contribution >= 4 is 11.8 Å². The lowest BCUT2D eigenvalue weighted by molar-refractivity contribution is -0.130. The normalized spacial score (nSPS) is 14.4.